The highest BCUT2D eigenvalue weighted by Crippen LogP contribution is 2.26. The van der Waals surface area contributed by atoms with Crippen LogP contribution in [-0.4, -0.2) is 28.6 Å². The number of benzene rings is 1. The van der Waals surface area contributed by atoms with Crippen molar-refractivity contribution in [3.63, 3.8) is 0 Å². The summed E-state index contributed by atoms with van der Waals surface area (Å²) >= 11 is 8.39. The Labute approximate surface area is 141 Å². The average molecular weight is 420 g/mol. The maximum Gasteiger partial charge on any atom is 0.322 e. The predicted molar refractivity (Wildman–Crippen MR) is 92.6 cm³/mol. The number of hydrogen-bond donors (Lipinski definition) is 2. The summed E-state index contributed by atoms with van der Waals surface area (Å²) in [4.78, 5) is 12.6. The van der Waals surface area contributed by atoms with Gasteiger partial charge in [0.15, 0.2) is 0 Å². The molecule has 0 bridgehead atoms. The summed E-state index contributed by atoms with van der Waals surface area (Å²) in [7, 11) is 1.51. The lowest BCUT2D eigenvalue weighted by atomic mass is 10.3. The number of nitrogens with one attached hydrogen (secondary N) is 2. The van der Waals surface area contributed by atoms with Crippen LogP contribution >= 0.6 is 34.2 Å². The minimum atomic E-state index is 0.243. The van der Waals surface area contributed by atoms with Gasteiger partial charge in [0, 0.05) is 10.1 Å². The van der Waals surface area contributed by atoms with E-state index in [1.54, 1.807) is 0 Å². The van der Waals surface area contributed by atoms with Crippen LogP contribution in [0.25, 0.3) is 0 Å². The molecule has 0 saturated carbocycles. The molecule has 2 N–H and O–H groups in total. The Kier molecular flexibility index (Phi) is 5.80. The average Bonchev–Trinajstić information content (AvgIpc) is 2.48. The summed E-state index contributed by atoms with van der Waals surface area (Å²) in [6.45, 7) is 2.84. The molecule has 2 aromatic rings. The summed E-state index contributed by atoms with van der Waals surface area (Å²) in [6, 6.07) is 5.93. The highest BCUT2D eigenvalue weighted by atomic mass is 127. The van der Waals surface area contributed by atoms with Crippen molar-refractivity contribution in [2.45, 2.75) is 13.3 Å². The van der Waals surface area contributed by atoms with Crippen LogP contribution in [0, 0.1) is 3.57 Å². The van der Waals surface area contributed by atoms with Crippen LogP contribution in [-0.2, 0) is 0 Å². The van der Waals surface area contributed by atoms with Gasteiger partial charge in [-0.3, -0.25) is 0 Å². The topological polar surface area (TPSA) is 72.0 Å². The molecule has 0 amide bonds. The van der Waals surface area contributed by atoms with Gasteiger partial charge in [0.2, 0.25) is 11.9 Å². The fourth-order valence-corrected chi connectivity index (χ4v) is 2.43. The van der Waals surface area contributed by atoms with Gasteiger partial charge in [-0.05, 0) is 47.2 Å². The van der Waals surface area contributed by atoms with E-state index in [1.165, 1.54) is 7.11 Å². The van der Waals surface area contributed by atoms with Crippen molar-refractivity contribution in [2.75, 3.05) is 24.3 Å². The van der Waals surface area contributed by atoms with Gasteiger partial charge in [-0.25, -0.2) is 0 Å². The first kappa shape index (κ1) is 16.0. The first-order valence-corrected chi connectivity index (χ1v) is 7.84. The van der Waals surface area contributed by atoms with Crippen LogP contribution in [0.15, 0.2) is 18.2 Å². The summed E-state index contributed by atoms with van der Waals surface area (Å²) in [6.07, 6.45) is 0.972. The van der Waals surface area contributed by atoms with Gasteiger partial charge >= 0.3 is 6.01 Å². The molecule has 0 atom stereocenters. The number of rotatable bonds is 6. The van der Waals surface area contributed by atoms with Crippen molar-refractivity contribution in [1.82, 2.24) is 15.0 Å². The molecule has 1 aromatic heterocycles. The fraction of sp³-hybridized carbons (Fsp3) is 0.308. The van der Waals surface area contributed by atoms with Crippen LogP contribution in [0.3, 0.4) is 0 Å². The first-order chi connectivity index (χ1) is 10.1. The zero-order valence-corrected chi connectivity index (χ0v) is 14.6. The molecule has 2 rings (SSSR count). The summed E-state index contributed by atoms with van der Waals surface area (Å²) < 4.78 is 6.14. The largest absolute Gasteiger partial charge is 0.467 e. The van der Waals surface area contributed by atoms with Gasteiger partial charge in [-0.2, -0.15) is 15.0 Å². The van der Waals surface area contributed by atoms with E-state index in [4.69, 9.17) is 16.3 Å². The van der Waals surface area contributed by atoms with Gasteiger partial charge in [-0.1, -0.05) is 18.5 Å². The fourth-order valence-electron chi connectivity index (χ4n) is 1.53. The summed E-state index contributed by atoms with van der Waals surface area (Å²) in [5.41, 5.74) is 0.728. The van der Waals surface area contributed by atoms with Crippen LogP contribution in [0.1, 0.15) is 13.3 Å². The lowest BCUT2D eigenvalue weighted by Crippen LogP contribution is -2.09. The molecule has 0 saturated heterocycles. The first-order valence-electron chi connectivity index (χ1n) is 6.38. The third-order valence-electron chi connectivity index (χ3n) is 2.51. The van der Waals surface area contributed by atoms with E-state index in [0.717, 1.165) is 22.2 Å². The second-order valence-electron chi connectivity index (χ2n) is 4.15. The van der Waals surface area contributed by atoms with Crippen molar-refractivity contribution in [3.05, 3.63) is 26.8 Å². The quantitative estimate of drug-likeness (QED) is 0.696. The van der Waals surface area contributed by atoms with Crippen LogP contribution in [0.2, 0.25) is 5.02 Å². The van der Waals surface area contributed by atoms with Crippen molar-refractivity contribution in [3.8, 4) is 6.01 Å². The minimum Gasteiger partial charge on any atom is -0.467 e. The molecule has 21 heavy (non-hydrogen) atoms. The van der Waals surface area contributed by atoms with Crippen LogP contribution < -0.4 is 15.4 Å². The van der Waals surface area contributed by atoms with Crippen LogP contribution in [0.4, 0.5) is 17.6 Å². The summed E-state index contributed by atoms with van der Waals surface area (Å²) in [5, 5.41) is 6.78. The standard InChI is InChI=1S/C13H15ClIN5O/c1-3-6-16-11-18-12(20-13(19-11)21-2)17-10-5-4-8(15)7-9(10)14/h4-5,7H,3,6H2,1-2H3,(H2,16,17,18,19,20). The Balaban J connectivity index is 2.25. The van der Waals surface area contributed by atoms with Crippen molar-refractivity contribution in [1.29, 1.82) is 0 Å². The van der Waals surface area contributed by atoms with E-state index in [1.807, 2.05) is 18.2 Å². The third-order valence-corrected chi connectivity index (χ3v) is 3.49. The molecule has 0 fully saturated rings. The molecule has 0 aliphatic rings. The SMILES string of the molecule is CCCNc1nc(Nc2ccc(I)cc2Cl)nc(OC)n1. The normalized spacial score (nSPS) is 10.3. The molecule has 1 aromatic carbocycles. The summed E-state index contributed by atoms with van der Waals surface area (Å²) in [5.74, 6) is 0.844. The molecule has 112 valence electrons. The van der Waals surface area contributed by atoms with Gasteiger partial charge in [-0.15, -0.1) is 0 Å². The number of halogens is 2. The molecule has 0 unspecified atom stereocenters. The van der Waals surface area contributed by atoms with E-state index in [9.17, 15) is 0 Å². The second-order valence-corrected chi connectivity index (χ2v) is 5.80. The highest BCUT2D eigenvalue weighted by molar-refractivity contribution is 14.1. The molecule has 8 heteroatoms. The highest BCUT2D eigenvalue weighted by Gasteiger charge is 2.08. The lowest BCUT2D eigenvalue weighted by molar-refractivity contribution is 0.379. The van der Waals surface area contributed by atoms with Gasteiger partial charge in [0.1, 0.15) is 0 Å². The third kappa shape index (κ3) is 4.57. The second kappa shape index (κ2) is 7.60. The van der Waals surface area contributed by atoms with Crippen molar-refractivity contribution in [2.24, 2.45) is 0 Å². The Bertz CT molecular complexity index is 626. The van der Waals surface area contributed by atoms with Gasteiger partial charge in [0.05, 0.1) is 17.8 Å². The van der Waals surface area contributed by atoms with Crippen LogP contribution in [0.5, 0.6) is 6.01 Å². The van der Waals surface area contributed by atoms with E-state index in [0.29, 0.717) is 16.9 Å². The van der Waals surface area contributed by atoms with E-state index in [2.05, 4.69) is 55.1 Å². The number of ether oxygens (including phenoxy) is 1. The number of hydrogen-bond acceptors (Lipinski definition) is 6. The Hall–Kier alpha value is -1.35. The molecule has 0 radical (unpaired) electrons. The zero-order valence-electron chi connectivity index (χ0n) is 11.7. The molecule has 0 aliphatic heterocycles. The smallest absolute Gasteiger partial charge is 0.322 e. The van der Waals surface area contributed by atoms with Gasteiger partial charge in [0.25, 0.3) is 0 Å². The molecular weight excluding hydrogens is 405 g/mol. The Morgan fingerprint density at radius 2 is 2.00 bits per heavy atom. The van der Waals surface area contributed by atoms with Crippen molar-refractivity contribution < 1.29 is 4.74 Å². The maximum atomic E-state index is 6.19. The lowest BCUT2D eigenvalue weighted by Gasteiger charge is -2.10. The number of nitrogens with zero attached hydrogens (tertiary/aromatic N) is 3. The van der Waals surface area contributed by atoms with Crippen molar-refractivity contribution >= 4 is 51.8 Å². The number of methoxy groups -OCH3 is 1. The molecule has 0 aliphatic carbocycles. The number of aromatic nitrogens is 3. The molecule has 0 spiro atoms. The molecule has 6 nitrogen and oxygen atoms in total. The Morgan fingerprint density at radius 3 is 2.67 bits per heavy atom. The number of anilines is 3. The predicted octanol–water partition coefficient (Wildman–Crippen LogP) is 3.70. The van der Waals surface area contributed by atoms with E-state index in [-0.39, 0.29) is 6.01 Å². The minimum absolute atomic E-state index is 0.243. The molecule has 1 heterocycles. The zero-order chi connectivity index (χ0) is 15.2. The Morgan fingerprint density at radius 1 is 1.24 bits per heavy atom. The van der Waals surface area contributed by atoms with E-state index >= 15 is 0 Å². The molecular formula is C13H15ClIN5O. The monoisotopic (exact) mass is 419 g/mol. The van der Waals surface area contributed by atoms with E-state index < -0.39 is 0 Å². The van der Waals surface area contributed by atoms with Gasteiger partial charge < -0.3 is 15.4 Å². The maximum absolute atomic E-state index is 6.19.